The van der Waals surface area contributed by atoms with Crippen molar-refractivity contribution in [2.45, 2.75) is 31.7 Å². The maximum Gasteiger partial charge on any atom is 0.238 e. The fourth-order valence-corrected chi connectivity index (χ4v) is 3.20. The summed E-state index contributed by atoms with van der Waals surface area (Å²) in [5.41, 5.74) is 0.600. The molecular weight excluding hydrogens is 334 g/mol. The van der Waals surface area contributed by atoms with Crippen molar-refractivity contribution in [3.63, 3.8) is 0 Å². The second kappa shape index (κ2) is 8.40. The van der Waals surface area contributed by atoms with Gasteiger partial charge in [-0.3, -0.25) is 14.5 Å². The molecule has 2 fully saturated rings. The zero-order chi connectivity index (χ0) is 18.5. The van der Waals surface area contributed by atoms with Gasteiger partial charge in [-0.2, -0.15) is 0 Å². The summed E-state index contributed by atoms with van der Waals surface area (Å²) in [6.07, 6.45) is 3.82. The maximum absolute atomic E-state index is 12.4. The van der Waals surface area contributed by atoms with E-state index in [0.29, 0.717) is 23.7 Å². The zero-order valence-corrected chi connectivity index (χ0v) is 15.4. The molecule has 1 aliphatic carbocycles. The largest absolute Gasteiger partial charge is 0.497 e. The van der Waals surface area contributed by atoms with Crippen LogP contribution in [0.15, 0.2) is 18.2 Å². The predicted octanol–water partition coefficient (Wildman–Crippen LogP) is 1.63. The van der Waals surface area contributed by atoms with Gasteiger partial charge in [0, 0.05) is 31.1 Å². The maximum atomic E-state index is 12.4. The third-order valence-electron chi connectivity index (χ3n) is 4.93. The number of ether oxygens (including phenoxy) is 2. The van der Waals surface area contributed by atoms with Crippen LogP contribution in [0.3, 0.4) is 0 Å². The van der Waals surface area contributed by atoms with Gasteiger partial charge in [-0.05, 0) is 37.8 Å². The number of rotatable bonds is 7. The van der Waals surface area contributed by atoms with E-state index in [0.717, 1.165) is 38.8 Å². The van der Waals surface area contributed by atoms with E-state index in [1.54, 1.807) is 32.4 Å². The highest BCUT2D eigenvalue weighted by atomic mass is 16.5. The third kappa shape index (κ3) is 4.88. The van der Waals surface area contributed by atoms with Crippen LogP contribution < -0.4 is 20.1 Å². The fourth-order valence-electron chi connectivity index (χ4n) is 3.20. The van der Waals surface area contributed by atoms with Crippen LogP contribution in [0.5, 0.6) is 11.5 Å². The van der Waals surface area contributed by atoms with Crippen LogP contribution in [0.2, 0.25) is 0 Å². The Hall–Kier alpha value is -2.28. The highest BCUT2D eigenvalue weighted by Crippen LogP contribution is 2.30. The number of nitrogens with zero attached hydrogens (tertiary/aromatic N) is 1. The molecule has 1 saturated heterocycles. The van der Waals surface area contributed by atoms with Gasteiger partial charge >= 0.3 is 0 Å². The summed E-state index contributed by atoms with van der Waals surface area (Å²) >= 11 is 0. The molecule has 7 heteroatoms. The number of benzene rings is 1. The summed E-state index contributed by atoms with van der Waals surface area (Å²) in [4.78, 5) is 26.3. The molecule has 2 amide bonds. The summed E-state index contributed by atoms with van der Waals surface area (Å²) < 4.78 is 10.5. The van der Waals surface area contributed by atoms with Crippen molar-refractivity contribution in [1.29, 1.82) is 0 Å². The Balaban J connectivity index is 1.46. The molecule has 0 aromatic heterocycles. The summed E-state index contributed by atoms with van der Waals surface area (Å²) in [6.45, 7) is 1.93. The van der Waals surface area contributed by atoms with Crippen LogP contribution in [0, 0.1) is 5.92 Å². The molecule has 0 unspecified atom stereocenters. The fraction of sp³-hybridized carbons (Fsp3) is 0.579. The molecule has 2 aliphatic rings. The Labute approximate surface area is 154 Å². The minimum Gasteiger partial charge on any atom is -0.497 e. The Bertz CT molecular complexity index is 652. The van der Waals surface area contributed by atoms with Crippen molar-refractivity contribution >= 4 is 17.5 Å². The number of hydrogen-bond donors (Lipinski definition) is 2. The third-order valence-corrected chi connectivity index (χ3v) is 4.93. The first-order valence-electron chi connectivity index (χ1n) is 9.13. The van der Waals surface area contributed by atoms with Gasteiger partial charge in [0.15, 0.2) is 0 Å². The average molecular weight is 361 g/mol. The van der Waals surface area contributed by atoms with Crippen LogP contribution in [0.4, 0.5) is 5.69 Å². The van der Waals surface area contributed by atoms with Crippen molar-refractivity contribution in [3.8, 4) is 11.5 Å². The molecule has 0 radical (unpaired) electrons. The molecule has 0 bridgehead atoms. The average Bonchev–Trinajstić information content (AvgIpc) is 3.48. The van der Waals surface area contributed by atoms with Crippen molar-refractivity contribution in [1.82, 2.24) is 10.2 Å². The lowest BCUT2D eigenvalue weighted by atomic mass is 10.0. The van der Waals surface area contributed by atoms with E-state index < -0.39 is 0 Å². The molecular formula is C19H27N3O4. The smallest absolute Gasteiger partial charge is 0.238 e. The number of carbonyl (C=O) groups excluding carboxylic acids is 2. The number of amides is 2. The summed E-state index contributed by atoms with van der Waals surface area (Å²) in [5, 5.41) is 6.02. The van der Waals surface area contributed by atoms with Gasteiger partial charge in [-0.15, -0.1) is 0 Å². The predicted molar refractivity (Wildman–Crippen MR) is 98.5 cm³/mol. The van der Waals surface area contributed by atoms with E-state index in [-0.39, 0.29) is 23.8 Å². The molecule has 26 heavy (non-hydrogen) atoms. The van der Waals surface area contributed by atoms with E-state index >= 15 is 0 Å². The van der Waals surface area contributed by atoms with E-state index in [4.69, 9.17) is 9.47 Å². The van der Waals surface area contributed by atoms with Gasteiger partial charge in [0.05, 0.1) is 26.5 Å². The van der Waals surface area contributed by atoms with Crippen molar-refractivity contribution in [2.75, 3.05) is 39.2 Å². The second-order valence-electron chi connectivity index (χ2n) is 6.95. The van der Waals surface area contributed by atoms with E-state index in [9.17, 15) is 9.59 Å². The van der Waals surface area contributed by atoms with Crippen LogP contribution >= 0.6 is 0 Å². The van der Waals surface area contributed by atoms with Crippen molar-refractivity contribution in [2.24, 2.45) is 5.92 Å². The number of nitrogens with one attached hydrogen (secondary N) is 2. The van der Waals surface area contributed by atoms with Gasteiger partial charge < -0.3 is 20.1 Å². The van der Waals surface area contributed by atoms with Crippen LogP contribution in [-0.2, 0) is 9.59 Å². The minimum atomic E-state index is -0.0861. The lowest BCUT2D eigenvalue weighted by molar-refractivity contribution is -0.123. The SMILES string of the molecule is COc1ccc(OC)c(NC(=O)CN2CCC(NC(=O)C3CC3)CC2)c1. The van der Waals surface area contributed by atoms with Crippen LogP contribution in [0.1, 0.15) is 25.7 Å². The van der Waals surface area contributed by atoms with Crippen LogP contribution in [-0.4, -0.2) is 56.6 Å². The van der Waals surface area contributed by atoms with E-state index in [1.165, 1.54) is 0 Å². The Morgan fingerprint density at radius 3 is 2.46 bits per heavy atom. The standard InChI is InChI=1S/C19H27N3O4/c1-25-15-5-6-17(26-2)16(11-15)21-18(23)12-22-9-7-14(8-10-22)20-19(24)13-3-4-13/h5-6,11,13-14H,3-4,7-10,12H2,1-2H3,(H,20,24)(H,21,23). The van der Waals surface area contributed by atoms with Crippen molar-refractivity contribution < 1.29 is 19.1 Å². The molecule has 1 aromatic rings. The van der Waals surface area contributed by atoms with Gasteiger partial charge in [0.25, 0.3) is 0 Å². The first kappa shape index (κ1) is 18.5. The Morgan fingerprint density at radius 1 is 1.12 bits per heavy atom. The first-order valence-corrected chi connectivity index (χ1v) is 9.13. The number of methoxy groups -OCH3 is 2. The molecule has 1 saturated carbocycles. The van der Waals surface area contributed by atoms with Gasteiger partial charge in [0.1, 0.15) is 11.5 Å². The second-order valence-corrected chi connectivity index (χ2v) is 6.95. The number of carbonyl (C=O) groups is 2. The number of hydrogen-bond acceptors (Lipinski definition) is 5. The molecule has 1 aromatic carbocycles. The molecule has 1 aliphatic heterocycles. The molecule has 1 heterocycles. The normalized spacial score (nSPS) is 18.2. The quantitative estimate of drug-likeness (QED) is 0.772. The highest BCUT2D eigenvalue weighted by molar-refractivity contribution is 5.94. The zero-order valence-electron chi connectivity index (χ0n) is 15.4. The molecule has 142 valence electrons. The number of piperidine rings is 1. The number of likely N-dealkylation sites (tertiary alicyclic amines) is 1. The summed E-state index contributed by atoms with van der Waals surface area (Å²) in [5.74, 6) is 1.62. The Kier molecular flexibility index (Phi) is 5.98. The van der Waals surface area contributed by atoms with Gasteiger partial charge in [-0.25, -0.2) is 0 Å². The van der Waals surface area contributed by atoms with Crippen molar-refractivity contribution in [3.05, 3.63) is 18.2 Å². The van der Waals surface area contributed by atoms with Gasteiger partial charge in [0.2, 0.25) is 11.8 Å². The van der Waals surface area contributed by atoms with E-state index in [1.807, 2.05) is 0 Å². The molecule has 0 atom stereocenters. The van der Waals surface area contributed by atoms with E-state index in [2.05, 4.69) is 15.5 Å². The van der Waals surface area contributed by atoms with Crippen LogP contribution in [0.25, 0.3) is 0 Å². The summed E-state index contributed by atoms with van der Waals surface area (Å²) in [6, 6.07) is 5.54. The molecule has 7 nitrogen and oxygen atoms in total. The molecule has 0 spiro atoms. The summed E-state index contributed by atoms with van der Waals surface area (Å²) in [7, 11) is 3.15. The minimum absolute atomic E-state index is 0.0861. The lowest BCUT2D eigenvalue weighted by Gasteiger charge is -2.31. The van der Waals surface area contributed by atoms with Gasteiger partial charge in [-0.1, -0.05) is 0 Å². The lowest BCUT2D eigenvalue weighted by Crippen LogP contribution is -2.46. The molecule has 2 N–H and O–H groups in total. The topological polar surface area (TPSA) is 79.9 Å². The monoisotopic (exact) mass is 361 g/mol. The Morgan fingerprint density at radius 2 is 1.85 bits per heavy atom. The highest BCUT2D eigenvalue weighted by Gasteiger charge is 2.31. The number of anilines is 1. The first-order chi connectivity index (χ1) is 12.6. The molecule has 3 rings (SSSR count).